The number of ether oxygens (including phenoxy) is 2. The van der Waals surface area contributed by atoms with E-state index in [9.17, 15) is 9.59 Å². The normalized spacial score (nSPS) is 14.2. The lowest BCUT2D eigenvalue weighted by atomic mass is 9.98. The van der Waals surface area contributed by atoms with Crippen LogP contribution in [-0.4, -0.2) is 36.2 Å². The molecule has 0 fully saturated rings. The van der Waals surface area contributed by atoms with Crippen molar-refractivity contribution in [2.45, 2.75) is 89.1 Å². The molecule has 2 aromatic carbocycles. The van der Waals surface area contributed by atoms with Crippen LogP contribution in [0.4, 0.5) is 0 Å². The van der Waals surface area contributed by atoms with Gasteiger partial charge in [0.15, 0.2) is 0 Å². The average Bonchev–Trinajstić information content (AvgIpc) is 3.81. The lowest BCUT2D eigenvalue weighted by Crippen LogP contribution is -2.42. The molecular formula is C44H54N2O4S2. The number of aryl methyl sites for hydroxylation is 4. The summed E-state index contributed by atoms with van der Waals surface area (Å²) in [5, 5.41) is 0. The molecule has 0 saturated carbocycles. The van der Waals surface area contributed by atoms with Gasteiger partial charge in [0.05, 0.1) is 0 Å². The first kappa shape index (κ1) is 40.7. The summed E-state index contributed by atoms with van der Waals surface area (Å²) in [6.45, 7) is 3.81. The maximum atomic E-state index is 12.3. The summed E-state index contributed by atoms with van der Waals surface area (Å²) in [6.07, 6.45) is 20.4. The first-order valence-electron chi connectivity index (χ1n) is 18.2. The molecule has 6 nitrogen and oxygen atoms in total. The van der Waals surface area contributed by atoms with Gasteiger partial charge in [0.1, 0.15) is 13.2 Å². The van der Waals surface area contributed by atoms with Gasteiger partial charge in [-0.3, -0.25) is 0 Å². The Kier molecular flexibility index (Phi) is 16.8. The van der Waals surface area contributed by atoms with Crippen molar-refractivity contribution in [2.75, 3.05) is 13.2 Å². The van der Waals surface area contributed by atoms with Gasteiger partial charge >= 0.3 is 11.9 Å². The molecular weight excluding hydrogens is 685 g/mol. The number of allylic oxidation sites excluding steroid dienone is 2. The summed E-state index contributed by atoms with van der Waals surface area (Å²) in [6, 6.07) is 29.6. The molecule has 4 N–H and O–H groups in total. The molecule has 2 unspecified atom stereocenters. The summed E-state index contributed by atoms with van der Waals surface area (Å²) in [5.74, 6) is -1.28. The highest BCUT2D eigenvalue weighted by atomic mass is 32.1. The number of carbonyl (C=O) groups excluding carboxylic acids is 2. The van der Waals surface area contributed by atoms with Crippen LogP contribution in [0.3, 0.4) is 0 Å². The van der Waals surface area contributed by atoms with E-state index in [4.69, 9.17) is 20.9 Å². The van der Waals surface area contributed by atoms with Crippen LogP contribution in [-0.2, 0) is 44.7 Å². The third-order valence-corrected chi connectivity index (χ3v) is 10.8. The van der Waals surface area contributed by atoms with Crippen LogP contribution in [0.15, 0.2) is 109 Å². The molecule has 2 atom stereocenters. The summed E-state index contributed by atoms with van der Waals surface area (Å²) in [7, 11) is 0. The molecule has 2 aromatic heterocycles. The van der Waals surface area contributed by atoms with Crippen molar-refractivity contribution in [2.24, 2.45) is 11.5 Å². The van der Waals surface area contributed by atoms with Crippen molar-refractivity contribution in [1.82, 2.24) is 0 Å². The average molecular weight is 739 g/mol. The van der Waals surface area contributed by atoms with Crippen molar-refractivity contribution in [3.8, 4) is 0 Å². The number of hydrogen-bond donors (Lipinski definition) is 2. The highest BCUT2D eigenvalue weighted by Gasteiger charge is 2.22. The van der Waals surface area contributed by atoms with Crippen LogP contribution in [0, 0.1) is 0 Å². The van der Waals surface area contributed by atoms with E-state index in [2.05, 4.69) is 97.1 Å². The van der Waals surface area contributed by atoms with E-state index in [0.717, 1.165) is 63.5 Å². The number of thiophene rings is 2. The van der Waals surface area contributed by atoms with E-state index < -0.39 is 23.0 Å². The van der Waals surface area contributed by atoms with E-state index in [1.165, 1.54) is 30.6 Å². The number of hydrogen-bond acceptors (Lipinski definition) is 8. The maximum Gasteiger partial charge on any atom is 0.331 e. The topological polar surface area (TPSA) is 105 Å². The Morgan fingerprint density at radius 1 is 0.596 bits per heavy atom. The van der Waals surface area contributed by atoms with Crippen LogP contribution >= 0.6 is 22.7 Å². The zero-order chi connectivity index (χ0) is 37.1. The quantitative estimate of drug-likeness (QED) is 0.0473. The number of esters is 2. The SMILES string of the molecule is CC(N)(CCc1ccc(C=CCCCc2ccccc2)s1)COC(=O)/C=C\C(=O)OCC(C)(N)CCc1ccc(C=CCCCc2ccccc2)s1. The fourth-order valence-electron chi connectivity index (χ4n) is 5.44. The second kappa shape index (κ2) is 21.4. The van der Waals surface area contributed by atoms with Crippen LogP contribution in [0.25, 0.3) is 12.2 Å². The second-order valence-corrected chi connectivity index (χ2v) is 16.4. The molecule has 4 aromatic rings. The third kappa shape index (κ3) is 16.5. The molecule has 52 heavy (non-hydrogen) atoms. The van der Waals surface area contributed by atoms with E-state index in [1.54, 1.807) is 22.7 Å². The zero-order valence-electron chi connectivity index (χ0n) is 30.6. The first-order chi connectivity index (χ1) is 25.1. The molecule has 0 aliphatic rings. The molecule has 2 heterocycles. The fourth-order valence-corrected chi connectivity index (χ4v) is 7.33. The fraction of sp³-hybridized carbons (Fsp3) is 0.364. The second-order valence-electron chi connectivity index (χ2n) is 14.0. The van der Waals surface area contributed by atoms with Gasteiger partial charge in [0, 0.05) is 42.7 Å². The Bertz CT molecular complexity index is 1610. The Labute approximate surface area is 318 Å². The number of rotatable bonds is 22. The molecule has 0 saturated heterocycles. The first-order valence-corrected chi connectivity index (χ1v) is 19.9. The lowest BCUT2D eigenvalue weighted by molar-refractivity contribution is -0.142. The number of carbonyl (C=O) groups is 2. The van der Waals surface area contributed by atoms with Gasteiger partial charge in [0.25, 0.3) is 0 Å². The molecule has 0 aliphatic heterocycles. The van der Waals surface area contributed by atoms with E-state index >= 15 is 0 Å². The largest absolute Gasteiger partial charge is 0.461 e. The number of benzene rings is 2. The summed E-state index contributed by atoms with van der Waals surface area (Å²) in [4.78, 5) is 29.5. The van der Waals surface area contributed by atoms with Crippen molar-refractivity contribution < 1.29 is 19.1 Å². The number of unbranched alkanes of at least 4 members (excludes halogenated alkanes) is 2. The van der Waals surface area contributed by atoms with Gasteiger partial charge in [0.2, 0.25) is 0 Å². The summed E-state index contributed by atoms with van der Waals surface area (Å²) in [5.41, 5.74) is 14.2. The van der Waals surface area contributed by atoms with Gasteiger partial charge in [-0.15, -0.1) is 22.7 Å². The zero-order valence-corrected chi connectivity index (χ0v) is 32.3. The highest BCUT2D eigenvalue weighted by Crippen LogP contribution is 2.24. The Morgan fingerprint density at radius 3 is 1.40 bits per heavy atom. The monoisotopic (exact) mass is 738 g/mol. The molecule has 0 spiro atoms. The third-order valence-electron chi connectivity index (χ3n) is 8.62. The van der Waals surface area contributed by atoms with Crippen molar-refractivity contribution >= 4 is 46.8 Å². The number of nitrogens with two attached hydrogens (primary N) is 2. The van der Waals surface area contributed by atoms with Crippen LogP contribution < -0.4 is 11.5 Å². The van der Waals surface area contributed by atoms with Gasteiger partial charge in [-0.2, -0.15) is 0 Å². The van der Waals surface area contributed by atoms with Crippen molar-refractivity contribution in [3.05, 3.63) is 140 Å². The minimum Gasteiger partial charge on any atom is -0.461 e. The van der Waals surface area contributed by atoms with E-state index in [0.29, 0.717) is 12.8 Å². The van der Waals surface area contributed by atoms with Gasteiger partial charge in [-0.1, -0.05) is 72.8 Å². The summed E-state index contributed by atoms with van der Waals surface area (Å²) >= 11 is 3.50. The van der Waals surface area contributed by atoms with E-state index in [1.807, 2.05) is 26.0 Å². The minimum absolute atomic E-state index is 0.0418. The predicted molar refractivity (Wildman–Crippen MR) is 218 cm³/mol. The van der Waals surface area contributed by atoms with Crippen LogP contribution in [0.2, 0.25) is 0 Å². The lowest BCUT2D eigenvalue weighted by Gasteiger charge is -2.23. The van der Waals surface area contributed by atoms with Crippen molar-refractivity contribution in [3.63, 3.8) is 0 Å². The molecule has 4 rings (SSSR count). The summed E-state index contributed by atoms with van der Waals surface area (Å²) < 4.78 is 10.7. The molecule has 0 bridgehead atoms. The minimum atomic E-state index is -0.703. The van der Waals surface area contributed by atoms with Crippen LogP contribution in [0.1, 0.15) is 83.0 Å². The predicted octanol–water partition coefficient (Wildman–Crippen LogP) is 9.52. The molecule has 0 amide bonds. The Morgan fingerprint density at radius 2 is 1.00 bits per heavy atom. The Hall–Kier alpha value is -4.08. The standard InChI is InChI=1S/C44H54N2O4S2/c1-43(45,31-29-39-25-23-37(51-39)21-13-5-11-19-35-15-7-3-8-16-35)33-49-41(47)27-28-42(48)50-34-44(2,46)32-30-40-26-24-38(52-40)22-14-6-12-20-36-17-9-4-10-18-36/h3-4,7-10,13-18,21-28H,5-6,11-12,19-20,29-34,45-46H2,1-2H3/b21-13?,22-14?,28-27-. The molecule has 0 radical (unpaired) electrons. The van der Waals surface area contributed by atoms with Gasteiger partial charge in [-0.25, -0.2) is 9.59 Å². The van der Waals surface area contributed by atoms with Gasteiger partial charge < -0.3 is 20.9 Å². The van der Waals surface area contributed by atoms with E-state index in [-0.39, 0.29) is 13.2 Å². The van der Waals surface area contributed by atoms with Gasteiger partial charge in [-0.05, 0) is 126 Å². The molecule has 8 heteroatoms. The highest BCUT2D eigenvalue weighted by molar-refractivity contribution is 7.13. The van der Waals surface area contributed by atoms with Crippen molar-refractivity contribution in [1.29, 1.82) is 0 Å². The van der Waals surface area contributed by atoms with Crippen LogP contribution in [0.5, 0.6) is 0 Å². The maximum absolute atomic E-state index is 12.3. The molecule has 0 aliphatic carbocycles. The Balaban J connectivity index is 1.06. The smallest absolute Gasteiger partial charge is 0.331 e. The molecule has 276 valence electrons.